The Morgan fingerprint density at radius 1 is 1.31 bits per heavy atom. The van der Waals surface area contributed by atoms with E-state index in [2.05, 4.69) is 20.1 Å². The van der Waals surface area contributed by atoms with Gasteiger partial charge in [-0.15, -0.1) is 18.3 Å². The SMILES string of the molecule is CC(C1CC1)N1Cc2cc(-c3ccn4nc(N)c(C(=O)N[C@@H]5COC[C@H]5O)c4n3)cc(OC(F)(F)F)c2C1=O. The van der Waals surface area contributed by atoms with E-state index in [1.165, 1.54) is 16.8 Å². The van der Waals surface area contributed by atoms with Crippen molar-refractivity contribution in [2.45, 2.75) is 50.9 Å². The molecule has 1 saturated heterocycles. The summed E-state index contributed by atoms with van der Waals surface area (Å²) >= 11 is 0. The molecule has 0 radical (unpaired) electrons. The monoisotopic (exact) mass is 546 g/mol. The number of rotatable bonds is 6. The molecule has 3 aliphatic rings. The molecule has 2 aliphatic heterocycles. The topological polar surface area (TPSA) is 144 Å². The van der Waals surface area contributed by atoms with Gasteiger partial charge in [0.25, 0.3) is 11.8 Å². The second-order valence-corrected chi connectivity index (χ2v) is 10.1. The van der Waals surface area contributed by atoms with Gasteiger partial charge in [-0.2, -0.15) is 0 Å². The van der Waals surface area contributed by atoms with E-state index in [4.69, 9.17) is 10.5 Å². The second-order valence-electron chi connectivity index (χ2n) is 10.1. The van der Waals surface area contributed by atoms with Gasteiger partial charge in [-0.05, 0) is 49.4 Å². The Labute approximate surface area is 219 Å². The van der Waals surface area contributed by atoms with E-state index < -0.39 is 36.1 Å². The van der Waals surface area contributed by atoms with Crippen molar-refractivity contribution in [3.63, 3.8) is 0 Å². The van der Waals surface area contributed by atoms with Crippen molar-refractivity contribution in [1.29, 1.82) is 0 Å². The van der Waals surface area contributed by atoms with Crippen LogP contribution in [0.3, 0.4) is 0 Å². The fourth-order valence-electron chi connectivity index (χ4n) is 5.20. The zero-order valence-electron chi connectivity index (χ0n) is 20.7. The van der Waals surface area contributed by atoms with Gasteiger partial charge in [-0.1, -0.05) is 0 Å². The fraction of sp³-hybridized carbons (Fsp3) is 0.440. The van der Waals surface area contributed by atoms with E-state index in [1.54, 1.807) is 11.0 Å². The van der Waals surface area contributed by atoms with E-state index in [9.17, 15) is 27.9 Å². The minimum atomic E-state index is -5.01. The highest BCUT2D eigenvalue weighted by molar-refractivity contribution is 6.05. The van der Waals surface area contributed by atoms with Crippen LogP contribution in [0.4, 0.5) is 19.0 Å². The molecule has 39 heavy (non-hydrogen) atoms. The summed E-state index contributed by atoms with van der Waals surface area (Å²) in [5, 5.41) is 16.7. The molecule has 6 rings (SSSR count). The minimum Gasteiger partial charge on any atom is -0.405 e. The minimum absolute atomic E-state index is 0.0523. The van der Waals surface area contributed by atoms with Crippen molar-refractivity contribution in [1.82, 2.24) is 24.8 Å². The number of aliphatic hydroxyl groups is 1. The van der Waals surface area contributed by atoms with Crippen molar-refractivity contribution in [2.24, 2.45) is 5.92 Å². The van der Waals surface area contributed by atoms with Crippen molar-refractivity contribution >= 4 is 23.3 Å². The number of halogens is 3. The van der Waals surface area contributed by atoms with E-state index in [1.807, 2.05) is 6.92 Å². The number of anilines is 1. The third-order valence-electron chi connectivity index (χ3n) is 7.42. The highest BCUT2D eigenvalue weighted by Gasteiger charge is 2.42. The number of aliphatic hydroxyl groups excluding tert-OH is 1. The van der Waals surface area contributed by atoms with E-state index in [-0.39, 0.29) is 59.6 Å². The predicted molar refractivity (Wildman–Crippen MR) is 130 cm³/mol. The van der Waals surface area contributed by atoms with Gasteiger partial charge in [-0.3, -0.25) is 9.59 Å². The first-order valence-corrected chi connectivity index (χ1v) is 12.5. The van der Waals surface area contributed by atoms with Crippen LogP contribution in [-0.2, 0) is 11.3 Å². The molecule has 3 atom stereocenters. The lowest BCUT2D eigenvalue weighted by Gasteiger charge is -2.24. The third kappa shape index (κ3) is 4.63. The van der Waals surface area contributed by atoms with Gasteiger partial charge in [0.2, 0.25) is 0 Å². The maximum atomic E-state index is 13.4. The Kier molecular flexibility index (Phi) is 5.91. The molecule has 2 fully saturated rings. The van der Waals surface area contributed by atoms with Crippen LogP contribution in [0.2, 0.25) is 0 Å². The molecule has 11 nitrogen and oxygen atoms in total. The van der Waals surface area contributed by atoms with Gasteiger partial charge in [0.15, 0.2) is 11.5 Å². The summed E-state index contributed by atoms with van der Waals surface area (Å²) in [6.07, 6.45) is -2.48. The predicted octanol–water partition coefficient (Wildman–Crippen LogP) is 2.12. The fourth-order valence-corrected chi connectivity index (χ4v) is 5.20. The van der Waals surface area contributed by atoms with Crippen LogP contribution in [0.15, 0.2) is 24.4 Å². The summed E-state index contributed by atoms with van der Waals surface area (Å²) in [4.78, 5) is 32.2. The molecule has 0 spiro atoms. The number of hydrogen-bond donors (Lipinski definition) is 3. The lowest BCUT2D eigenvalue weighted by Crippen LogP contribution is -2.42. The summed E-state index contributed by atoms with van der Waals surface area (Å²) in [6, 6.07) is 3.49. The van der Waals surface area contributed by atoms with Crippen LogP contribution in [0.1, 0.15) is 46.0 Å². The number of ether oxygens (including phenoxy) is 2. The second kappa shape index (κ2) is 9.09. The number of nitrogens with two attached hydrogens (primary N) is 1. The van der Waals surface area contributed by atoms with Gasteiger partial charge in [0.1, 0.15) is 11.3 Å². The number of carbonyl (C=O) groups excluding carboxylic acids is 2. The molecule has 2 aromatic heterocycles. The average molecular weight is 547 g/mol. The quantitative estimate of drug-likeness (QED) is 0.427. The summed E-state index contributed by atoms with van der Waals surface area (Å²) in [6.45, 7) is 2.25. The first-order valence-electron chi connectivity index (χ1n) is 12.5. The summed E-state index contributed by atoms with van der Waals surface area (Å²) in [7, 11) is 0. The van der Waals surface area contributed by atoms with Crippen LogP contribution in [0, 0.1) is 5.92 Å². The number of hydrogen-bond acceptors (Lipinski definition) is 8. The number of nitrogens with zero attached hydrogens (tertiary/aromatic N) is 4. The molecule has 206 valence electrons. The molecule has 0 bridgehead atoms. The lowest BCUT2D eigenvalue weighted by molar-refractivity contribution is -0.274. The summed E-state index contributed by atoms with van der Waals surface area (Å²) in [5.74, 6) is -1.52. The number of alkyl halides is 3. The molecule has 3 aromatic rings. The molecule has 1 saturated carbocycles. The van der Waals surface area contributed by atoms with Crippen LogP contribution >= 0.6 is 0 Å². The number of nitrogen functional groups attached to an aromatic ring is 1. The molecule has 4 heterocycles. The van der Waals surface area contributed by atoms with Crippen molar-refractivity contribution < 1.29 is 37.3 Å². The Balaban J connectivity index is 1.39. The van der Waals surface area contributed by atoms with Gasteiger partial charge < -0.3 is 30.5 Å². The van der Waals surface area contributed by atoms with Crippen molar-refractivity contribution in [2.75, 3.05) is 18.9 Å². The zero-order chi connectivity index (χ0) is 27.6. The van der Waals surface area contributed by atoms with Gasteiger partial charge in [-0.25, -0.2) is 9.50 Å². The average Bonchev–Trinajstić information content (AvgIpc) is 3.44. The van der Waals surface area contributed by atoms with E-state index >= 15 is 0 Å². The molecule has 1 unspecified atom stereocenters. The molecular weight excluding hydrogens is 521 g/mol. The maximum Gasteiger partial charge on any atom is 0.573 e. The Morgan fingerprint density at radius 2 is 2.08 bits per heavy atom. The molecule has 2 amide bonds. The first-order chi connectivity index (χ1) is 18.5. The van der Waals surface area contributed by atoms with Crippen LogP contribution < -0.4 is 15.8 Å². The van der Waals surface area contributed by atoms with Crippen LogP contribution in [0.25, 0.3) is 16.9 Å². The zero-order valence-corrected chi connectivity index (χ0v) is 20.7. The van der Waals surface area contributed by atoms with Gasteiger partial charge >= 0.3 is 6.36 Å². The number of benzene rings is 1. The number of nitrogens with one attached hydrogen (secondary N) is 1. The Hall–Kier alpha value is -3.91. The molecule has 4 N–H and O–H groups in total. The normalized spacial score (nSPS) is 21.9. The van der Waals surface area contributed by atoms with Crippen LogP contribution in [-0.4, -0.2) is 74.2 Å². The molecule has 1 aromatic carbocycles. The number of fused-ring (bicyclic) bond motifs is 2. The van der Waals surface area contributed by atoms with E-state index in [0.717, 1.165) is 18.9 Å². The van der Waals surface area contributed by atoms with Gasteiger partial charge in [0.05, 0.1) is 36.6 Å². The molecule has 14 heteroatoms. The summed E-state index contributed by atoms with van der Waals surface area (Å²) in [5.41, 5.74) is 6.76. The van der Waals surface area contributed by atoms with Crippen LogP contribution in [0.5, 0.6) is 5.75 Å². The number of aromatic nitrogens is 3. The van der Waals surface area contributed by atoms with Crippen molar-refractivity contribution in [3.8, 4) is 17.0 Å². The number of carbonyl (C=O) groups is 2. The largest absolute Gasteiger partial charge is 0.573 e. The first kappa shape index (κ1) is 25.4. The Bertz CT molecular complexity index is 1490. The van der Waals surface area contributed by atoms with Crippen molar-refractivity contribution in [3.05, 3.63) is 41.1 Å². The Morgan fingerprint density at radius 3 is 2.74 bits per heavy atom. The third-order valence-corrected chi connectivity index (χ3v) is 7.42. The number of amides is 2. The maximum absolute atomic E-state index is 13.4. The molecular formula is C25H25F3N6O5. The van der Waals surface area contributed by atoms with E-state index in [0.29, 0.717) is 11.5 Å². The molecule has 1 aliphatic carbocycles. The summed E-state index contributed by atoms with van der Waals surface area (Å²) < 4.78 is 50.8. The lowest BCUT2D eigenvalue weighted by atomic mass is 10.0. The van der Waals surface area contributed by atoms with Gasteiger partial charge in [0, 0.05) is 24.3 Å². The highest BCUT2D eigenvalue weighted by atomic mass is 19.4. The standard InChI is InChI=1S/C25H25F3N6O5/c1-11(12-2-3-12)33-8-14-6-13(7-18(19(14)24(33)37)39-25(26,27)28)15-4-5-34-22(30-15)20(21(29)32-34)23(36)31-16-9-38-10-17(16)35/h4-7,11-12,16-17,35H,2-3,8-10H2,1H3,(H2,29,32)(H,31,36)/t11?,16-,17-/m1/s1. The smallest absolute Gasteiger partial charge is 0.405 e. The highest BCUT2D eigenvalue weighted by Crippen LogP contribution is 2.42.